The van der Waals surface area contributed by atoms with Gasteiger partial charge in [-0.25, -0.2) is 0 Å². The number of ether oxygens (including phenoxy) is 1. The Labute approximate surface area is 169 Å². The topological polar surface area (TPSA) is 62.9 Å². The maximum absolute atomic E-state index is 12.9. The highest BCUT2D eigenvalue weighted by Gasteiger charge is 2.32. The molecule has 0 amide bonds. The Morgan fingerprint density at radius 3 is 2.93 bits per heavy atom. The molecular weight excluding hydrogens is 366 g/mol. The van der Waals surface area contributed by atoms with Gasteiger partial charge in [-0.2, -0.15) is 0 Å². The molecule has 2 aliphatic heterocycles. The number of Topliss-reactive ketones (excluding diaryl/α,β-unsaturated/α-hetero) is 1. The first-order valence-electron chi connectivity index (χ1n) is 10.1. The first-order chi connectivity index (χ1) is 14.1. The van der Waals surface area contributed by atoms with E-state index in [1.54, 1.807) is 18.2 Å². The predicted octanol–water partition coefficient (Wildman–Crippen LogP) is 4.99. The van der Waals surface area contributed by atoms with Gasteiger partial charge in [0.25, 0.3) is 0 Å². The third-order valence-corrected chi connectivity index (χ3v) is 5.76. The fraction of sp³-hybridized carbons (Fsp3) is 0.292. The lowest BCUT2D eigenvalue weighted by Gasteiger charge is -2.31. The number of carbonyl (C=O) groups is 1. The molecule has 0 saturated carbocycles. The van der Waals surface area contributed by atoms with Gasteiger partial charge < -0.3 is 14.3 Å². The van der Waals surface area contributed by atoms with Crippen molar-refractivity contribution < 1.29 is 19.1 Å². The van der Waals surface area contributed by atoms with Crippen molar-refractivity contribution in [2.45, 2.75) is 26.3 Å². The monoisotopic (exact) mass is 389 g/mol. The molecule has 0 radical (unpaired) electrons. The van der Waals surface area contributed by atoms with E-state index in [9.17, 15) is 9.90 Å². The number of phenols is 1. The Hall–Kier alpha value is -3.05. The molecule has 0 aliphatic carbocycles. The zero-order chi connectivity index (χ0) is 20.0. The van der Waals surface area contributed by atoms with Gasteiger partial charge in [-0.05, 0) is 49.6 Å². The first-order valence-corrected chi connectivity index (χ1v) is 10.1. The normalized spacial score (nSPS) is 20.9. The van der Waals surface area contributed by atoms with Crippen LogP contribution in [0, 0.1) is 5.92 Å². The van der Waals surface area contributed by atoms with Crippen LogP contribution in [0.2, 0.25) is 0 Å². The SMILES string of the molecule is C[C@@H]1CCCN(Cc2c(O)ccc3c2O/C(=C\c2cc4ccccc4o2)C3=O)C1. The highest BCUT2D eigenvalue weighted by molar-refractivity contribution is 6.15. The molecule has 29 heavy (non-hydrogen) atoms. The van der Waals surface area contributed by atoms with E-state index in [1.807, 2.05) is 30.3 Å². The second kappa shape index (κ2) is 7.08. The van der Waals surface area contributed by atoms with Crippen LogP contribution in [0.5, 0.6) is 11.5 Å². The van der Waals surface area contributed by atoms with Crippen molar-refractivity contribution >= 4 is 22.8 Å². The van der Waals surface area contributed by atoms with Crippen LogP contribution in [0.3, 0.4) is 0 Å². The number of ketones is 1. The Morgan fingerprint density at radius 2 is 2.10 bits per heavy atom. The molecule has 3 heterocycles. The van der Waals surface area contributed by atoms with Gasteiger partial charge in [-0.3, -0.25) is 9.69 Å². The lowest BCUT2D eigenvalue weighted by Crippen LogP contribution is -2.33. The average molecular weight is 389 g/mol. The number of carbonyl (C=O) groups excluding carboxylic acids is 1. The highest BCUT2D eigenvalue weighted by atomic mass is 16.5. The van der Waals surface area contributed by atoms with Crippen molar-refractivity contribution in [3.63, 3.8) is 0 Å². The Balaban J connectivity index is 1.46. The van der Waals surface area contributed by atoms with Gasteiger partial charge in [0.15, 0.2) is 5.76 Å². The minimum Gasteiger partial charge on any atom is -0.507 e. The summed E-state index contributed by atoms with van der Waals surface area (Å²) in [7, 11) is 0. The molecule has 148 valence electrons. The van der Waals surface area contributed by atoms with Gasteiger partial charge in [-0.1, -0.05) is 25.1 Å². The van der Waals surface area contributed by atoms with E-state index in [4.69, 9.17) is 9.15 Å². The molecule has 5 rings (SSSR count). The number of likely N-dealkylation sites (tertiary alicyclic amines) is 1. The summed E-state index contributed by atoms with van der Waals surface area (Å²) >= 11 is 0. The number of allylic oxidation sites excluding steroid dienone is 1. The number of hydrogen-bond donors (Lipinski definition) is 1. The summed E-state index contributed by atoms with van der Waals surface area (Å²) in [5, 5.41) is 11.4. The van der Waals surface area contributed by atoms with Crippen molar-refractivity contribution in [2.24, 2.45) is 5.92 Å². The number of rotatable bonds is 3. The minimum atomic E-state index is -0.186. The summed E-state index contributed by atoms with van der Waals surface area (Å²) < 4.78 is 11.8. The summed E-state index contributed by atoms with van der Waals surface area (Å²) in [4.78, 5) is 15.2. The van der Waals surface area contributed by atoms with Crippen molar-refractivity contribution in [3.8, 4) is 11.5 Å². The number of fused-ring (bicyclic) bond motifs is 2. The predicted molar refractivity (Wildman–Crippen MR) is 111 cm³/mol. The quantitative estimate of drug-likeness (QED) is 0.640. The standard InChI is InChI=1S/C24H23NO4/c1-15-5-4-10-25(13-15)14-19-20(26)9-8-18-23(27)22(29-24(18)19)12-17-11-16-6-2-3-7-21(16)28-17/h2-3,6-9,11-12,15,26H,4-5,10,13-14H2,1H3/b22-12-/t15-/m1/s1. The van der Waals surface area contributed by atoms with Gasteiger partial charge in [0.2, 0.25) is 5.78 Å². The number of benzene rings is 2. The molecule has 3 aromatic rings. The van der Waals surface area contributed by atoms with E-state index >= 15 is 0 Å². The number of piperidine rings is 1. The van der Waals surface area contributed by atoms with Crippen LogP contribution in [-0.2, 0) is 6.54 Å². The molecule has 1 atom stereocenters. The molecule has 2 aromatic carbocycles. The summed E-state index contributed by atoms with van der Waals surface area (Å²) in [6.07, 6.45) is 4.01. The second-order valence-corrected chi connectivity index (χ2v) is 8.05. The van der Waals surface area contributed by atoms with E-state index in [0.717, 1.165) is 30.5 Å². The van der Waals surface area contributed by atoms with Crippen molar-refractivity contribution in [3.05, 3.63) is 65.1 Å². The number of furan rings is 1. The van der Waals surface area contributed by atoms with Gasteiger partial charge in [-0.15, -0.1) is 0 Å². The van der Waals surface area contributed by atoms with Gasteiger partial charge in [0, 0.05) is 24.6 Å². The summed E-state index contributed by atoms with van der Waals surface area (Å²) in [6.45, 7) is 4.79. The van der Waals surface area contributed by atoms with Crippen molar-refractivity contribution in [2.75, 3.05) is 13.1 Å². The summed E-state index contributed by atoms with van der Waals surface area (Å²) in [5.41, 5.74) is 1.93. The van der Waals surface area contributed by atoms with Crippen LogP contribution in [0.25, 0.3) is 17.0 Å². The van der Waals surface area contributed by atoms with E-state index < -0.39 is 0 Å². The number of aromatic hydroxyl groups is 1. The van der Waals surface area contributed by atoms with E-state index in [2.05, 4.69) is 11.8 Å². The van der Waals surface area contributed by atoms with E-state index in [-0.39, 0.29) is 17.3 Å². The van der Waals surface area contributed by atoms with Gasteiger partial charge >= 0.3 is 0 Å². The number of nitrogens with zero attached hydrogens (tertiary/aromatic N) is 1. The molecule has 5 heteroatoms. The Bertz CT molecular complexity index is 1090. The fourth-order valence-corrected chi connectivity index (χ4v) is 4.31. The zero-order valence-electron chi connectivity index (χ0n) is 16.4. The third-order valence-electron chi connectivity index (χ3n) is 5.76. The maximum atomic E-state index is 12.9. The van der Waals surface area contributed by atoms with Crippen LogP contribution >= 0.6 is 0 Å². The van der Waals surface area contributed by atoms with Crippen LogP contribution in [0.15, 0.2) is 52.6 Å². The summed E-state index contributed by atoms with van der Waals surface area (Å²) in [5.74, 6) is 1.87. The maximum Gasteiger partial charge on any atom is 0.232 e. The van der Waals surface area contributed by atoms with Gasteiger partial charge in [0.05, 0.1) is 11.1 Å². The highest BCUT2D eigenvalue weighted by Crippen LogP contribution is 2.40. The van der Waals surface area contributed by atoms with Crippen LogP contribution in [0.1, 0.15) is 41.4 Å². The van der Waals surface area contributed by atoms with Gasteiger partial charge in [0.1, 0.15) is 22.8 Å². The molecule has 2 aliphatic rings. The number of phenolic OH excluding ortho intramolecular Hbond substituents is 1. The largest absolute Gasteiger partial charge is 0.507 e. The Kier molecular flexibility index (Phi) is 4.40. The average Bonchev–Trinajstić information content (AvgIpc) is 3.25. The van der Waals surface area contributed by atoms with Crippen molar-refractivity contribution in [1.29, 1.82) is 0 Å². The summed E-state index contributed by atoms with van der Waals surface area (Å²) in [6, 6.07) is 12.8. The number of hydrogen-bond acceptors (Lipinski definition) is 5. The smallest absolute Gasteiger partial charge is 0.232 e. The lowest BCUT2D eigenvalue weighted by atomic mass is 9.99. The molecule has 1 aromatic heterocycles. The molecule has 1 N–H and O–H groups in total. The molecule has 0 unspecified atom stereocenters. The molecule has 1 saturated heterocycles. The molecule has 0 bridgehead atoms. The van der Waals surface area contributed by atoms with E-state index in [1.165, 1.54) is 6.42 Å². The molecular formula is C24H23NO4. The molecule has 0 spiro atoms. The molecule has 1 fully saturated rings. The van der Waals surface area contributed by atoms with Crippen LogP contribution < -0.4 is 4.74 Å². The first kappa shape index (κ1) is 18.0. The number of para-hydroxylation sites is 1. The third kappa shape index (κ3) is 3.32. The van der Waals surface area contributed by atoms with Crippen LogP contribution in [0.4, 0.5) is 0 Å². The second-order valence-electron chi connectivity index (χ2n) is 8.05. The van der Waals surface area contributed by atoms with Crippen molar-refractivity contribution in [1.82, 2.24) is 4.90 Å². The molecule has 5 nitrogen and oxygen atoms in total. The Morgan fingerprint density at radius 1 is 1.24 bits per heavy atom. The fourth-order valence-electron chi connectivity index (χ4n) is 4.31. The zero-order valence-corrected chi connectivity index (χ0v) is 16.4. The minimum absolute atomic E-state index is 0.166. The lowest BCUT2D eigenvalue weighted by molar-refractivity contribution is 0.101. The van der Waals surface area contributed by atoms with Crippen LogP contribution in [-0.4, -0.2) is 28.9 Å². The van der Waals surface area contributed by atoms with E-state index in [0.29, 0.717) is 35.1 Å².